The van der Waals surface area contributed by atoms with Gasteiger partial charge < -0.3 is 14.8 Å². The van der Waals surface area contributed by atoms with Crippen molar-refractivity contribution in [3.63, 3.8) is 0 Å². The highest BCUT2D eigenvalue weighted by atomic mass is 16.5. The fourth-order valence-corrected chi connectivity index (χ4v) is 3.06. The van der Waals surface area contributed by atoms with Gasteiger partial charge >= 0.3 is 0 Å². The molecule has 4 nitrogen and oxygen atoms in total. The van der Waals surface area contributed by atoms with Crippen LogP contribution < -0.4 is 14.8 Å². The first-order valence-corrected chi connectivity index (χ1v) is 7.74. The average molecular weight is 292 g/mol. The summed E-state index contributed by atoms with van der Waals surface area (Å²) in [5.74, 6) is 1.59. The molecule has 1 atom stereocenters. The highest BCUT2D eigenvalue weighted by Gasteiger charge is 2.30. The molecule has 0 amide bonds. The summed E-state index contributed by atoms with van der Waals surface area (Å²) in [4.78, 5) is 2.51. The summed E-state index contributed by atoms with van der Waals surface area (Å²) in [7, 11) is 3.36. The van der Waals surface area contributed by atoms with Gasteiger partial charge in [-0.25, -0.2) is 0 Å². The van der Waals surface area contributed by atoms with Crippen LogP contribution in [-0.2, 0) is 6.54 Å². The van der Waals surface area contributed by atoms with Crippen LogP contribution in [-0.4, -0.2) is 45.3 Å². The number of hydrogen-bond donors (Lipinski definition) is 1. The molecule has 1 aromatic rings. The third kappa shape index (κ3) is 4.11. The van der Waals surface area contributed by atoms with E-state index in [2.05, 4.69) is 36.2 Å². The van der Waals surface area contributed by atoms with Crippen molar-refractivity contribution in [3.05, 3.63) is 23.8 Å². The molecule has 118 valence electrons. The zero-order valence-electron chi connectivity index (χ0n) is 13.7. The highest BCUT2D eigenvalue weighted by molar-refractivity contribution is 5.42. The van der Waals surface area contributed by atoms with Crippen LogP contribution in [0.1, 0.15) is 25.8 Å². The van der Waals surface area contributed by atoms with Gasteiger partial charge in [-0.2, -0.15) is 0 Å². The number of nitrogens with one attached hydrogen (secondary N) is 1. The Morgan fingerprint density at radius 2 is 2.00 bits per heavy atom. The van der Waals surface area contributed by atoms with Gasteiger partial charge in [-0.05, 0) is 42.6 Å². The molecule has 1 aromatic carbocycles. The number of benzene rings is 1. The lowest BCUT2D eigenvalue weighted by Gasteiger charge is -2.31. The predicted octanol–water partition coefficient (Wildman–Crippen LogP) is 2.53. The van der Waals surface area contributed by atoms with E-state index in [1.54, 1.807) is 14.2 Å². The monoisotopic (exact) mass is 292 g/mol. The van der Waals surface area contributed by atoms with Gasteiger partial charge in [0.15, 0.2) is 11.5 Å². The van der Waals surface area contributed by atoms with Crippen molar-refractivity contribution in [3.8, 4) is 11.5 Å². The number of methoxy groups -OCH3 is 2. The molecule has 1 N–H and O–H groups in total. The first-order valence-electron chi connectivity index (χ1n) is 7.74. The Hall–Kier alpha value is -1.26. The van der Waals surface area contributed by atoms with E-state index in [1.165, 1.54) is 12.0 Å². The van der Waals surface area contributed by atoms with E-state index < -0.39 is 0 Å². The molecule has 0 saturated carbocycles. The summed E-state index contributed by atoms with van der Waals surface area (Å²) in [6, 6.07) is 6.19. The topological polar surface area (TPSA) is 33.7 Å². The maximum absolute atomic E-state index is 5.39. The Labute approximate surface area is 128 Å². The molecule has 2 rings (SSSR count). The molecule has 1 aliphatic heterocycles. The van der Waals surface area contributed by atoms with E-state index in [0.717, 1.165) is 44.2 Å². The number of ether oxygens (including phenoxy) is 2. The summed E-state index contributed by atoms with van der Waals surface area (Å²) in [5, 5.41) is 3.48. The summed E-state index contributed by atoms with van der Waals surface area (Å²) in [5.41, 5.74) is 1.66. The highest BCUT2D eigenvalue weighted by Crippen LogP contribution is 2.29. The van der Waals surface area contributed by atoms with E-state index in [1.807, 2.05) is 6.07 Å². The van der Waals surface area contributed by atoms with Crippen LogP contribution in [0.25, 0.3) is 0 Å². The molecule has 1 saturated heterocycles. The summed E-state index contributed by atoms with van der Waals surface area (Å²) in [6.07, 6.45) is 1.26. The smallest absolute Gasteiger partial charge is 0.161 e. The van der Waals surface area contributed by atoms with Crippen LogP contribution in [0.2, 0.25) is 0 Å². The molecule has 0 spiro atoms. The zero-order valence-corrected chi connectivity index (χ0v) is 13.7. The van der Waals surface area contributed by atoms with Crippen LogP contribution in [0.5, 0.6) is 11.5 Å². The van der Waals surface area contributed by atoms with Gasteiger partial charge in [-0.3, -0.25) is 4.90 Å². The molecule has 1 heterocycles. The molecular formula is C17H28N2O2. The van der Waals surface area contributed by atoms with Crippen LogP contribution in [0.4, 0.5) is 0 Å². The number of hydrogen-bond acceptors (Lipinski definition) is 4. The van der Waals surface area contributed by atoms with Crippen molar-refractivity contribution < 1.29 is 9.47 Å². The van der Waals surface area contributed by atoms with Crippen LogP contribution >= 0.6 is 0 Å². The quantitative estimate of drug-likeness (QED) is 0.837. The first kappa shape index (κ1) is 16.1. The largest absolute Gasteiger partial charge is 0.493 e. The van der Waals surface area contributed by atoms with Crippen molar-refractivity contribution in [2.45, 2.75) is 26.8 Å². The summed E-state index contributed by atoms with van der Waals surface area (Å²) >= 11 is 0. The van der Waals surface area contributed by atoms with Gasteiger partial charge in [-0.1, -0.05) is 19.9 Å². The van der Waals surface area contributed by atoms with Crippen molar-refractivity contribution in [1.29, 1.82) is 0 Å². The maximum Gasteiger partial charge on any atom is 0.161 e. The standard InChI is InChI=1S/C17H28N2O2/c1-5-19(13-17(2)8-9-18-12-17)11-14-6-7-15(20-3)16(10-14)21-4/h6-7,10,18H,5,8-9,11-13H2,1-4H3. The van der Waals surface area contributed by atoms with Crippen molar-refractivity contribution in [2.75, 3.05) is 40.4 Å². The van der Waals surface area contributed by atoms with Gasteiger partial charge in [0.2, 0.25) is 0 Å². The maximum atomic E-state index is 5.39. The number of nitrogens with zero attached hydrogens (tertiary/aromatic N) is 1. The van der Waals surface area contributed by atoms with E-state index in [0.29, 0.717) is 5.41 Å². The SMILES string of the molecule is CCN(Cc1ccc(OC)c(OC)c1)CC1(C)CCNC1. The van der Waals surface area contributed by atoms with Crippen molar-refractivity contribution in [2.24, 2.45) is 5.41 Å². The first-order chi connectivity index (χ1) is 10.1. The number of rotatable bonds is 7. The predicted molar refractivity (Wildman–Crippen MR) is 86.1 cm³/mol. The molecule has 0 bridgehead atoms. The van der Waals surface area contributed by atoms with Gasteiger partial charge in [0.25, 0.3) is 0 Å². The molecule has 0 aliphatic carbocycles. The average Bonchev–Trinajstić information content (AvgIpc) is 2.92. The van der Waals surface area contributed by atoms with Crippen LogP contribution in [0.3, 0.4) is 0 Å². The summed E-state index contributed by atoms with van der Waals surface area (Å²) < 4.78 is 10.7. The second kappa shape index (κ2) is 7.14. The molecule has 4 heteroatoms. The Morgan fingerprint density at radius 1 is 1.24 bits per heavy atom. The lowest BCUT2D eigenvalue weighted by atomic mass is 9.89. The lowest BCUT2D eigenvalue weighted by Crippen LogP contribution is -2.37. The molecule has 1 unspecified atom stereocenters. The summed E-state index contributed by atoms with van der Waals surface area (Å²) in [6.45, 7) is 10.0. The second-order valence-corrected chi connectivity index (χ2v) is 6.23. The van der Waals surface area contributed by atoms with Crippen LogP contribution in [0.15, 0.2) is 18.2 Å². The fourth-order valence-electron chi connectivity index (χ4n) is 3.06. The molecule has 1 fully saturated rings. The Kier molecular flexibility index (Phi) is 5.48. The Balaban J connectivity index is 2.04. The second-order valence-electron chi connectivity index (χ2n) is 6.23. The van der Waals surface area contributed by atoms with Gasteiger partial charge in [0, 0.05) is 19.6 Å². The third-order valence-corrected chi connectivity index (χ3v) is 4.36. The normalized spacial score (nSPS) is 21.8. The minimum absolute atomic E-state index is 0.395. The Morgan fingerprint density at radius 3 is 2.57 bits per heavy atom. The van der Waals surface area contributed by atoms with Gasteiger partial charge in [0.1, 0.15) is 0 Å². The molecule has 21 heavy (non-hydrogen) atoms. The molecular weight excluding hydrogens is 264 g/mol. The zero-order chi connectivity index (χ0) is 15.3. The van der Waals surface area contributed by atoms with Crippen molar-refractivity contribution >= 4 is 0 Å². The molecule has 1 aliphatic rings. The van der Waals surface area contributed by atoms with E-state index >= 15 is 0 Å². The third-order valence-electron chi connectivity index (χ3n) is 4.36. The molecule has 0 radical (unpaired) electrons. The van der Waals surface area contributed by atoms with E-state index in [-0.39, 0.29) is 0 Å². The van der Waals surface area contributed by atoms with Gasteiger partial charge in [-0.15, -0.1) is 0 Å². The Bertz CT molecular complexity index is 456. The molecule has 0 aromatic heterocycles. The lowest BCUT2D eigenvalue weighted by molar-refractivity contribution is 0.178. The van der Waals surface area contributed by atoms with Crippen LogP contribution in [0, 0.1) is 5.41 Å². The van der Waals surface area contributed by atoms with E-state index in [4.69, 9.17) is 9.47 Å². The van der Waals surface area contributed by atoms with Crippen molar-refractivity contribution in [1.82, 2.24) is 10.2 Å². The minimum atomic E-state index is 0.395. The van der Waals surface area contributed by atoms with E-state index in [9.17, 15) is 0 Å². The minimum Gasteiger partial charge on any atom is -0.493 e. The van der Waals surface area contributed by atoms with Gasteiger partial charge in [0.05, 0.1) is 14.2 Å². The fraction of sp³-hybridized carbons (Fsp3) is 0.647.